The van der Waals surface area contributed by atoms with Crippen LogP contribution in [-0.4, -0.2) is 46.8 Å². The van der Waals surface area contributed by atoms with Gasteiger partial charge >= 0.3 is 0 Å². The van der Waals surface area contributed by atoms with Crippen LogP contribution < -0.4 is 0 Å². The second-order valence-electron chi connectivity index (χ2n) is 6.56. The average Bonchev–Trinajstić information content (AvgIpc) is 2.38. The molecule has 17 heavy (non-hydrogen) atoms. The summed E-state index contributed by atoms with van der Waals surface area (Å²) < 4.78 is 17.3. The summed E-state index contributed by atoms with van der Waals surface area (Å²) in [4.78, 5) is 0. The lowest BCUT2D eigenvalue weighted by molar-refractivity contribution is -0.104. The molecule has 0 aromatic heterocycles. The van der Waals surface area contributed by atoms with Crippen molar-refractivity contribution in [2.75, 3.05) is 6.61 Å². The van der Waals surface area contributed by atoms with Crippen LogP contribution in [0, 0.1) is 0 Å². The van der Waals surface area contributed by atoms with Crippen molar-refractivity contribution in [3.05, 3.63) is 0 Å². The standard InChI is InChI=1S/C11H26O4Si2/c1-16(2,3)13-8-10-9(7-11(12)14-10)15-17(4,5)6/h9-12H,7-8H2,1-6H3/t9-,10+,11+/m0/s1. The molecule has 1 fully saturated rings. The van der Waals surface area contributed by atoms with Crippen LogP contribution in [0.1, 0.15) is 6.42 Å². The molecule has 1 heterocycles. The lowest BCUT2D eigenvalue weighted by Gasteiger charge is -2.28. The molecule has 1 saturated heterocycles. The van der Waals surface area contributed by atoms with E-state index in [-0.39, 0.29) is 12.2 Å². The molecule has 6 heteroatoms. The van der Waals surface area contributed by atoms with Gasteiger partial charge in [-0.3, -0.25) is 0 Å². The molecule has 102 valence electrons. The Bertz CT molecular complexity index is 247. The molecule has 1 rings (SSSR count). The number of aliphatic hydroxyl groups is 1. The maximum atomic E-state index is 9.57. The van der Waals surface area contributed by atoms with E-state index in [1.165, 1.54) is 0 Å². The Hall–Kier alpha value is 0.274. The molecule has 1 aliphatic heterocycles. The molecule has 0 saturated carbocycles. The Morgan fingerprint density at radius 1 is 1.12 bits per heavy atom. The highest BCUT2D eigenvalue weighted by Gasteiger charge is 2.38. The summed E-state index contributed by atoms with van der Waals surface area (Å²) in [6.07, 6.45) is -0.285. The third-order valence-corrected chi connectivity index (χ3v) is 4.41. The van der Waals surface area contributed by atoms with E-state index >= 15 is 0 Å². The summed E-state index contributed by atoms with van der Waals surface area (Å²) in [7, 11) is -3.14. The van der Waals surface area contributed by atoms with E-state index in [9.17, 15) is 5.11 Å². The topological polar surface area (TPSA) is 47.9 Å². The molecular formula is C11H26O4Si2. The molecule has 1 aliphatic rings. The van der Waals surface area contributed by atoms with E-state index in [1.54, 1.807) is 0 Å². The van der Waals surface area contributed by atoms with Gasteiger partial charge in [-0.2, -0.15) is 0 Å². The SMILES string of the molecule is C[Si](C)(C)OC[C@H]1O[C@@H](O)C[C@@H]1O[Si](C)(C)C. The summed E-state index contributed by atoms with van der Waals surface area (Å²) in [6.45, 7) is 13.4. The first-order valence-corrected chi connectivity index (χ1v) is 13.0. The van der Waals surface area contributed by atoms with Gasteiger partial charge in [0.25, 0.3) is 0 Å². The number of aliphatic hydroxyl groups excluding tert-OH is 1. The molecule has 1 N–H and O–H groups in total. The zero-order valence-corrected chi connectivity index (χ0v) is 13.8. The van der Waals surface area contributed by atoms with E-state index in [1.807, 2.05) is 0 Å². The fraction of sp³-hybridized carbons (Fsp3) is 1.00. The van der Waals surface area contributed by atoms with Crippen LogP contribution in [0.5, 0.6) is 0 Å². The Kier molecular flexibility index (Phi) is 4.96. The largest absolute Gasteiger partial charge is 0.415 e. The summed E-state index contributed by atoms with van der Waals surface area (Å²) in [5.74, 6) is 0. The Morgan fingerprint density at radius 3 is 2.18 bits per heavy atom. The highest BCUT2D eigenvalue weighted by molar-refractivity contribution is 6.70. The minimum Gasteiger partial charge on any atom is -0.415 e. The number of rotatable bonds is 5. The van der Waals surface area contributed by atoms with E-state index in [2.05, 4.69) is 39.3 Å². The number of hydrogen-bond acceptors (Lipinski definition) is 4. The van der Waals surface area contributed by atoms with E-state index in [4.69, 9.17) is 13.6 Å². The summed E-state index contributed by atoms with van der Waals surface area (Å²) in [6, 6.07) is 0. The molecule has 0 amide bonds. The molecule has 0 spiro atoms. The van der Waals surface area contributed by atoms with Gasteiger partial charge in [-0.1, -0.05) is 0 Å². The fourth-order valence-electron chi connectivity index (χ4n) is 1.75. The molecule has 3 atom stereocenters. The third kappa shape index (κ3) is 6.12. The van der Waals surface area contributed by atoms with Crippen molar-refractivity contribution in [1.29, 1.82) is 0 Å². The molecular weight excluding hydrogens is 252 g/mol. The predicted octanol–water partition coefficient (Wildman–Crippen LogP) is 2.17. The minimum atomic E-state index is -1.60. The molecule has 0 aliphatic carbocycles. The van der Waals surface area contributed by atoms with Crippen molar-refractivity contribution in [2.45, 2.75) is 64.2 Å². The smallest absolute Gasteiger partial charge is 0.184 e. The van der Waals surface area contributed by atoms with Gasteiger partial charge in [0.2, 0.25) is 0 Å². The van der Waals surface area contributed by atoms with Gasteiger partial charge in [0.15, 0.2) is 22.9 Å². The highest BCUT2D eigenvalue weighted by atomic mass is 28.4. The number of ether oxygens (including phenoxy) is 1. The summed E-state index contributed by atoms with van der Waals surface area (Å²) in [5, 5.41) is 9.57. The Labute approximate surface area is 107 Å². The van der Waals surface area contributed by atoms with Crippen LogP contribution in [-0.2, 0) is 13.6 Å². The monoisotopic (exact) mass is 278 g/mol. The zero-order chi connectivity index (χ0) is 13.3. The van der Waals surface area contributed by atoms with Crippen molar-refractivity contribution in [1.82, 2.24) is 0 Å². The van der Waals surface area contributed by atoms with Crippen molar-refractivity contribution in [3.63, 3.8) is 0 Å². The van der Waals surface area contributed by atoms with Gasteiger partial charge in [0, 0.05) is 6.42 Å². The molecule has 0 aromatic carbocycles. The highest BCUT2D eigenvalue weighted by Crippen LogP contribution is 2.25. The van der Waals surface area contributed by atoms with Crippen LogP contribution in [0.25, 0.3) is 0 Å². The van der Waals surface area contributed by atoms with Crippen LogP contribution in [0.4, 0.5) is 0 Å². The van der Waals surface area contributed by atoms with Crippen molar-refractivity contribution in [2.24, 2.45) is 0 Å². The zero-order valence-electron chi connectivity index (χ0n) is 11.8. The first kappa shape index (κ1) is 15.3. The van der Waals surface area contributed by atoms with Gasteiger partial charge in [0.05, 0.1) is 12.7 Å². The minimum absolute atomic E-state index is 0.0204. The van der Waals surface area contributed by atoms with Gasteiger partial charge in [-0.05, 0) is 39.3 Å². The lowest BCUT2D eigenvalue weighted by Crippen LogP contribution is -2.40. The van der Waals surface area contributed by atoms with Crippen molar-refractivity contribution >= 4 is 16.6 Å². The lowest BCUT2D eigenvalue weighted by atomic mass is 10.2. The van der Waals surface area contributed by atoms with Gasteiger partial charge < -0.3 is 18.7 Å². The normalized spacial score (nSPS) is 30.9. The third-order valence-electron chi connectivity index (χ3n) is 2.37. The quantitative estimate of drug-likeness (QED) is 0.783. The van der Waals surface area contributed by atoms with Crippen LogP contribution in [0.3, 0.4) is 0 Å². The second kappa shape index (κ2) is 5.50. The van der Waals surface area contributed by atoms with E-state index in [0.29, 0.717) is 13.0 Å². The predicted molar refractivity (Wildman–Crippen MR) is 73.0 cm³/mol. The Balaban J connectivity index is 2.51. The second-order valence-corrected chi connectivity index (χ2v) is 15.5. The Morgan fingerprint density at radius 2 is 1.71 bits per heavy atom. The average molecular weight is 278 g/mol. The summed E-state index contributed by atoms with van der Waals surface area (Å²) in [5.41, 5.74) is 0. The van der Waals surface area contributed by atoms with Gasteiger partial charge in [-0.15, -0.1) is 0 Å². The van der Waals surface area contributed by atoms with Gasteiger partial charge in [0.1, 0.15) is 6.10 Å². The molecule has 4 nitrogen and oxygen atoms in total. The molecule has 0 bridgehead atoms. The maximum absolute atomic E-state index is 9.57. The maximum Gasteiger partial charge on any atom is 0.184 e. The summed E-state index contributed by atoms with van der Waals surface area (Å²) >= 11 is 0. The van der Waals surface area contributed by atoms with Crippen LogP contribution >= 0.6 is 0 Å². The molecule has 0 unspecified atom stereocenters. The number of hydrogen-bond donors (Lipinski definition) is 1. The first-order chi connectivity index (χ1) is 7.57. The van der Waals surface area contributed by atoms with Gasteiger partial charge in [-0.25, -0.2) is 0 Å². The van der Waals surface area contributed by atoms with E-state index < -0.39 is 22.9 Å². The van der Waals surface area contributed by atoms with E-state index in [0.717, 1.165) is 0 Å². The molecule has 0 radical (unpaired) electrons. The first-order valence-electron chi connectivity index (χ1n) is 6.22. The van der Waals surface area contributed by atoms with Crippen LogP contribution in [0.2, 0.25) is 39.3 Å². The molecule has 0 aromatic rings. The van der Waals surface area contributed by atoms with Crippen LogP contribution in [0.15, 0.2) is 0 Å². The van der Waals surface area contributed by atoms with Crippen molar-refractivity contribution in [3.8, 4) is 0 Å². The van der Waals surface area contributed by atoms with Crippen molar-refractivity contribution < 1.29 is 18.7 Å². The fourth-order valence-corrected chi connectivity index (χ4v) is 3.57.